The summed E-state index contributed by atoms with van der Waals surface area (Å²) in [7, 11) is 0. The Labute approximate surface area is 124 Å². The van der Waals surface area contributed by atoms with Gasteiger partial charge in [-0.25, -0.2) is 0 Å². The zero-order chi connectivity index (χ0) is 13.1. The molecule has 106 valence electrons. The molecule has 3 heterocycles. The molecule has 1 unspecified atom stereocenters. The van der Waals surface area contributed by atoms with Crippen LogP contribution in [0.2, 0.25) is 0 Å². The molecule has 3 nitrogen and oxygen atoms in total. The molecule has 2 aliphatic rings. The number of hydrogen-bond donors (Lipinski definition) is 0. The molecule has 0 aromatic carbocycles. The van der Waals surface area contributed by atoms with Crippen molar-refractivity contribution < 1.29 is 0 Å². The van der Waals surface area contributed by atoms with Gasteiger partial charge in [0.2, 0.25) is 0 Å². The van der Waals surface area contributed by atoms with E-state index in [4.69, 9.17) is 0 Å². The van der Waals surface area contributed by atoms with Gasteiger partial charge in [0.25, 0.3) is 0 Å². The summed E-state index contributed by atoms with van der Waals surface area (Å²) in [5, 5.41) is 1.24. The van der Waals surface area contributed by atoms with E-state index >= 15 is 0 Å². The lowest BCUT2D eigenvalue weighted by atomic mass is 9.89. The Morgan fingerprint density at radius 2 is 2.26 bits per heavy atom. The fourth-order valence-electron chi connectivity index (χ4n) is 3.36. The minimum atomic E-state index is 0.662. The fourth-order valence-corrected chi connectivity index (χ4v) is 5.13. The molecule has 0 spiro atoms. The zero-order valence-corrected chi connectivity index (χ0v) is 13.3. The quantitative estimate of drug-likeness (QED) is 0.592. The van der Waals surface area contributed by atoms with Crippen LogP contribution in [0, 0.1) is 5.92 Å². The van der Waals surface area contributed by atoms with Crippen LogP contribution in [-0.4, -0.2) is 39.0 Å². The first-order valence-corrected chi connectivity index (χ1v) is 9.27. The minimum Gasteiger partial charge on any atom is -0.302 e. The van der Waals surface area contributed by atoms with Crippen molar-refractivity contribution in [2.75, 3.05) is 25.4 Å². The molecule has 1 aromatic heterocycles. The van der Waals surface area contributed by atoms with Gasteiger partial charge in [-0.15, -0.1) is 11.8 Å². The molecule has 2 fully saturated rings. The molecule has 0 aliphatic carbocycles. The number of aromatic nitrogens is 2. The highest BCUT2D eigenvalue weighted by atomic mass is 32.2. The third kappa shape index (κ3) is 3.14. The fraction of sp³-hybridized carbons (Fsp3) is 0.857. The van der Waals surface area contributed by atoms with E-state index in [2.05, 4.69) is 20.6 Å². The molecule has 0 saturated carbocycles. The summed E-state index contributed by atoms with van der Waals surface area (Å²) < 4.78 is 9.19. The predicted molar refractivity (Wildman–Crippen MR) is 82.1 cm³/mol. The SMILES string of the molecule is CCCCCSc1nsnc1[C@@H]1CN2CCC[C@@H]1C2. The normalized spacial score (nSPS) is 29.8. The summed E-state index contributed by atoms with van der Waals surface area (Å²) in [6, 6.07) is 0. The molecular weight excluding hydrogens is 274 g/mol. The number of hydrogen-bond acceptors (Lipinski definition) is 5. The first kappa shape index (κ1) is 13.8. The van der Waals surface area contributed by atoms with Crippen molar-refractivity contribution in [3.8, 4) is 0 Å². The summed E-state index contributed by atoms with van der Waals surface area (Å²) >= 11 is 3.34. The monoisotopic (exact) mass is 297 g/mol. The second-order valence-electron chi connectivity index (χ2n) is 5.78. The lowest BCUT2D eigenvalue weighted by molar-refractivity contribution is 0.269. The maximum atomic E-state index is 4.64. The first-order chi connectivity index (χ1) is 9.38. The zero-order valence-electron chi connectivity index (χ0n) is 11.7. The average Bonchev–Trinajstić information content (AvgIpc) is 2.99. The molecule has 1 aromatic rings. The number of rotatable bonds is 6. The number of thioether (sulfide) groups is 1. The third-order valence-electron chi connectivity index (χ3n) is 4.39. The number of nitrogens with zero attached hydrogens (tertiary/aromatic N) is 3. The number of piperidine rings is 1. The van der Waals surface area contributed by atoms with Crippen molar-refractivity contribution in [1.82, 2.24) is 13.6 Å². The van der Waals surface area contributed by atoms with Gasteiger partial charge in [0.15, 0.2) is 0 Å². The van der Waals surface area contributed by atoms with E-state index in [9.17, 15) is 0 Å². The second kappa shape index (κ2) is 6.55. The van der Waals surface area contributed by atoms with Gasteiger partial charge in [-0.2, -0.15) is 8.75 Å². The largest absolute Gasteiger partial charge is 0.302 e. The van der Waals surface area contributed by atoms with Gasteiger partial charge in [0.05, 0.1) is 17.4 Å². The van der Waals surface area contributed by atoms with Crippen LogP contribution in [0.1, 0.15) is 50.6 Å². The van der Waals surface area contributed by atoms with Crippen molar-refractivity contribution in [1.29, 1.82) is 0 Å². The topological polar surface area (TPSA) is 29.0 Å². The van der Waals surface area contributed by atoms with Gasteiger partial charge < -0.3 is 4.90 Å². The Bertz CT molecular complexity index is 407. The van der Waals surface area contributed by atoms with E-state index in [-0.39, 0.29) is 0 Å². The number of fused-ring (bicyclic) bond motifs is 2. The Balaban J connectivity index is 1.63. The van der Waals surface area contributed by atoms with E-state index in [0.29, 0.717) is 5.92 Å². The summed E-state index contributed by atoms with van der Waals surface area (Å²) in [6.07, 6.45) is 6.69. The Kier molecular flexibility index (Phi) is 4.77. The molecule has 0 amide bonds. The highest BCUT2D eigenvalue weighted by molar-refractivity contribution is 7.99. The molecule has 5 heteroatoms. The van der Waals surface area contributed by atoms with Crippen molar-refractivity contribution >= 4 is 23.5 Å². The van der Waals surface area contributed by atoms with Gasteiger partial charge in [-0.3, -0.25) is 0 Å². The Hall–Kier alpha value is -0.130. The lowest BCUT2D eigenvalue weighted by Gasteiger charge is -2.21. The van der Waals surface area contributed by atoms with Gasteiger partial charge in [-0.1, -0.05) is 19.8 Å². The lowest BCUT2D eigenvalue weighted by Crippen LogP contribution is -2.25. The molecule has 2 bridgehead atoms. The van der Waals surface area contributed by atoms with Gasteiger partial charge in [0.1, 0.15) is 5.03 Å². The van der Waals surface area contributed by atoms with Crippen LogP contribution in [0.4, 0.5) is 0 Å². The van der Waals surface area contributed by atoms with Crippen LogP contribution in [0.15, 0.2) is 5.03 Å². The maximum Gasteiger partial charge on any atom is 0.134 e. The predicted octanol–water partition coefficient (Wildman–Crippen LogP) is 3.63. The summed E-state index contributed by atoms with van der Waals surface area (Å²) in [5.74, 6) is 2.70. The maximum absolute atomic E-state index is 4.64. The summed E-state index contributed by atoms with van der Waals surface area (Å²) in [4.78, 5) is 2.61. The molecule has 2 aliphatic heterocycles. The van der Waals surface area contributed by atoms with Crippen LogP contribution < -0.4 is 0 Å². The van der Waals surface area contributed by atoms with Crippen molar-refractivity contribution in [3.05, 3.63) is 5.69 Å². The first-order valence-electron chi connectivity index (χ1n) is 7.56. The van der Waals surface area contributed by atoms with Crippen LogP contribution >= 0.6 is 23.5 Å². The Morgan fingerprint density at radius 3 is 3.11 bits per heavy atom. The molecule has 3 atom stereocenters. The van der Waals surface area contributed by atoms with E-state index in [1.54, 1.807) is 0 Å². The number of unbranched alkanes of at least 4 members (excludes halogenated alkanes) is 2. The van der Waals surface area contributed by atoms with Crippen molar-refractivity contribution in [2.45, 2.75) is 50.0 Å². The smallest absolute Gasteiger partial charge is 0.134 e. The summed E-state index contributed by atoms with van der Waals surface area (Å²) in [6.45, 7) is 6.07. The molecule has 19 heavy (non-hydrogen) atoms. The highest BCUT2D eigenvalue weighted by Gasteiger charge is 2.38. The van der Waals surface area contributed by atoms with Gasteiger partial charge >= 0.3 is 0 Å². The third-order valence-corrected chi connectivity index (χ3v) is 6.11. The van der Waals surface area contributed by atoms with E-state index < -0.39 is 0 Å². The molecule has 3 rings (SSSR count). The van der Waals surface area contributed by atoms with Crippen molar-refractivity contribution in [3.63, 3.8) is 0 Å². The molecule has 0 N–H and O–H groups in total. The van der Waals surface area contributed by atoms with E-state index in [1.807, 2.05) is 11.8 Å². The van der Waals surface area contributed by atoms with E-state index in [1.165, 1.54) is 79.9 Å². The van der Waals surface area contributed by atoms with Crippen LogP contribution in [0.25, 0.3) is 0 Å². The molecular formula is C14H23N3S2. The average molecular weight is 297 g/mol. The minimum absolute atomic E-state index is 0.662. The van der Waals surface area contributed by atoms with Crippen molar-refractivity contribution in [2.24, 2.45) is 5.92 Å². The molecule has 2 saturated heterocycles. The van der Waals surface area contributed by atoms with Gasteiger partial charge in [0, 0.05) is 19.0 Å². The van der Waals surface area contributed by atoms with Crippen LogP contribution in [-0.2, 0) is 0 Å². The highest BCUT2D eigenvalue weighted by Crippen LogP contribution is 2.41. The standard InChI is InChI=1S/C14H23N3S2/c1-2-3-4-8-18-14-13(15-19-16-14)12-10-17-7-5-6-11(12)9-17/h11-12H,2-10H2,1H3/t11-,12-/m1/s1. The molecule has 0 radical (unpaired) electrons. The van der Waals surface area contributed by atoms with Gasteiger partial charge in [-0.05, 0) is 37.5 Å². The summed E-state index contributed by atoms with van der Waals surface area (Å²) in [5.41, 5.74) is 1.32. The van der Waals surface area contributed by atoms with Crippen LogP contribution in [0.3, 0.4) is 0 Å². The van der Waals surface area contributed by atoms with Crippen LogP contribution in [0.5, 0.6) is 0 Å². The second-order valence-corrected chi connectivity index (χ2v) is 7.39. The Morgan fingerprint density at radius 1 is 1.32 bits per heavy atom. The van der Waals surface area contributed by atoms with E-state index in [0.717, 1.165) is 5.92 Å².